The summed E-state index contributed by atoms with van der Waals surface area (Å²) in [5, 5.41) is 12.7. The summed E-state index contributed by atoms with van der Waals surface area (Å²) in [7, 11) is 0. The number of carbonyl (C=O) groups is 1. The minimum Gasteiger partial charge on any atom is -0.350 e. The molecule has 0 radical (unpaired) electrons. The predicted molar refractivity (Wildman–Crippen MR) is 144 cm³/mol. The molecular formula is C28H26FN5O2S. The number of fused-ring (bicyclic) bond motifs is 3. The van der Waals surface area contributed by atoms with Gasteiger partial charge in [-0.1, -0.05) is 53.7 Å². The number of hydrogen-bond donors (Lipinski definition) is 1. The van der Waals surface area contributed by atoms with E-state index in [1.807, 2.05) is 49.4 Å². The molecule has 0 aliphatic rings. The Labute approximate surface area is 217 Å². The summed E-state index contributed by atoms with van der Waals surface area (Å²) in [6.07, 6.45) is 0. The molecule has 2 aromatic heterocycles. The van der Waals surface area contributed by atoms with E-state index in [0.717, 1.165) is 16.7 Å². The molecule has 0 atom stereocenters. The van der Waals surface area contributed by atoms with Gasteiger partial charge in [0, 0.05) is 17.4 Å². The fourth-order valence-electron chi connectivity index (χ4n) is 4.11. The Morgan fingerprint density at radius 2 is 1.70 bits per heavy atom. The molecule has 0 bridgehead atoms. The first-order valence-corrected chi connectivity index (χ1v) is 12.9. The number of nitrogens with one attached hydrogen (secondary N) is 1. The Balaban J connectivity index is 1.65. The van der Waals surface area contributed by atoms with Gasteiger partial charge in [-0.25, -0.2) is 4.39 Å². The number of amides is 1. The first-order valence-electron chi connectivity index (χ1n) is 12.0. The van der Waals surface area contributed by atoms with Gasteiger partial charge in [-0.3, -0.25) is 18.6 Å². The minimum atomic E-state index is -0.292. The number of hydrogen-bond acceptors (Lipinski definition) is 5. The second-order valence-corrected chi connectivity index (χ2v) is 10.2. The summed E-state index contributed by atoms with van der Waals surface area (Å²) in [6, 6.07) is 19.3. The Morgan fingerprint density at radius 3 is 2.41 bits per heavy atom. The van der Waals surface area contributed by atoms with Crippen molar-refractivity contribution in [3.8, 4) is 0 Å². The first-order chi connectivity index (χ1) is 17.8. The van der Waals surface area contributed by atoms with Crippen molar-refractivity contribution in [3.05, 3.63) is 105 Å². The van der Waals surface area contributed by atoms with Gasteiger partial charge in [0.2, 0.25) is 5.78 Å². The molecule has 7 nitrogen and oxygen atoms in total. The monoisotopic (exact) mass is 515 g/mol. The van der Waals surface area contributed by atoms with Crippen molar-refractivity contribution < 1.29 is 9.18 Å². The Hall–Kier alpha value is -3.98. The number of carbonyl (C=O) groups excluding carboxylic acids is 1. The number of nitrogens with zero attached hydrogens (tertiary/aromatic N) is 4. The lowest BCUT2D eigenvalue weighted by Gasteiger charge is -2.13. The molecule has 5 rings (SSSR count). The summed E-state index contributed by atoms with van der Waals surface area (Å²) < 4.78 is 16.8. The normalized spacial score (nSPS) is 11.5. The van der Waals surface area contributed by atoms with Gasteiger partial charge in [0.1, 0.15) is 5.82 Å². The van der Waals surface area contributed by atoms with Crippen molar-refractivity contribution in [2.24, 2.45) is 0 Å². The quantitative estimate of drug-likeness (QED) is 0.310. The van der Waals surface area contributed by atoms with Gasteiger partial charge in [-0.05, 0) is 62.2 Å². The summed E-state index contributed by atoms with van der Waals surface area (Å²) >= 11 is 1.43. The van der Waals surface area contributed by atoms with Crippen LogP contribution < -0.4 is 10.9 Å². The predicted octanol–water partition coefficient (Wildman–Crippen LogP) is 4.97. The van der Waals surface area contributed by atoms with Gasteiger partial charge in [-0.15, -0.1) is 10.2 Å². The molecule has 1 amide bonds. The highest BCUT2D eigenvalue weighted by molar-refractivity contribution is 7.98. The maximum absolute atomic E-state index is 13.6. The van der Waals surface area contributed by atoms with E-state index in [4.69, 9.17) is 0 Å². The van der Waals surface area contributed by atoms with Crippen LogP contribution in [0.3, 0.4) is 0 Å². The zero-order valence-corrected chi connectivity index (χ0v) is 21.6. The topological polar surface area (TPSA) is 81.3 Å². The zero-order valence-electron chi connectivity index (χ0n) is 20.7. The number of benzene rings is 3. The number of aromatic nitrogens is 4. The van der Waals surface area contributed by atoms with Crippen molar-refractivity contribution in [2.45, 2.75) is 44.3 Å². The summed E-state index contributed by atoms with van der Waals surface area (Å²) in [5.74, 6) is 0.413. The average Bonchev–Trinajstić information content (AvgIpc) is 3.30. The van der Waals surface area contributed by atoms with Crippen molar-refractivity contribution >= 4 is 34.3 Å². The van der Waals surface area contributed by atoms with E-state index in [2.05, 4.69) is 15.5 Å². The van der Waals surface area contributed by atoms with E-state index in [1.54, 1.807) is 34.9 Å². The molecule has 37 heavy (non-hydrogen) atoms. The van der Waals surface area contributed by atoms with Gasteiger partial charge in [0.15, 0.2) is 5.16 Å². The van der Waals surface area contributed by atoms with E-state index >= 15 is 0 Å². The molecule has 0 unspecified atom stereocenters. The maximum atomic E-state index is 13.6. The third-order valence-electron chi connectivity index (χ3n) is 6.00. The SMILES string of the molecule is Cc1ccc(Cn2c(=O)c3ccc(C(=O)NC(C)C)cc3n3c(SCc4ccc(F)cc4)nnc23)cc1. The standard InChI is InChI=1S/C28H26FN5O2S/c1-17(2)30-25(35)21-10-13-23-24(14-21)34-27(33(26(23)36)15-19-6-4-18(3)5-7-19)31-32-28(34)37-16-20-8-11-22(29)12-9-20/h4-14,17H,15-16H2,1-3H3,(H,30,35). The van der Waals surface area contributed by atoms with Crippen LogP contribution in [-0.2, 0) is 12.3 Å². The van der Waals surface area contributed by atoms with E-state index in [9.17, 15) is 14.0 Å². The average molecular weight is 516 g/mol. The molecule has 0 fully saturated rings. The Morgan fingerprint density at radius 1 is 1.00 bits per heavy atom. The first kappa shape index (κ1) is 24.7. The second kappa shape index (κ2) is 10.2. The molecule has 2 heterocycles. The smallest absolute Gasteiger partial charge is 0.263 e. The van der Waals surface area contributed by atoms with Crippen molar-refractivity contribution in [1.29, 1.82) is 0 Å². The number of halogens is 1. The molecule has 188 valence electrons. The van der Waals surface area contributed by atoms with Crippen LogP contribution >= 0.6 is 11.8 Å². The van der Waals surface area contributed by atoms with Gasteiger partial charge in [0.05, 0.1) is 17.4 Å². The van der Waals surface area contributed by atoms with E-state index in [1.165, 1.54) is 23.9 Å². The minimum absolute atomic E-state index is 0.0255. The molecule has 0 spiro atoms. The molecule has 0 aliphatic carbocycles. The van der Waals surface area contributed by atoms with Gasteiger partial charge in [0.25, 0.3) is 11.5 Å². The van der Waals surface area contributed by atoms with Gasteiger partial charge < -0.3 is 5.32 Å². The fraction of sp³-hybridized carbons (Fsp3) is 0.214. The Kier molecular flexibility index (Phi) is 6.80. The fourth-order valence-corrected chi connectivity index (χ4v) is 5.00. The second-order valence-electron chi connectivity index (χ2n) is 9.27. The van der Waals surface area contributed by atoms with Crippen LogP contribution in [0, 0.1) is 12.7 Å². The van der Waals surface area contributed by atoms with Crippen molar-refractivity contribution in [1.82, 2.24) is 24.5 Å². The Bertz CT molecular complexity index is 1660. The lowest BCUT2D eigenvalue weighted by atomic mass is 10.1. The molecule has 0 saturated heterocycles. The lowest BCUT2D eigenvalue weighted by Crippen LogP contribution is -2.30. The lowest BCUT2D eigenvalue weighted by molar-refractivity contribution is 0.0943. The molecule has 1 N–H and O–H groups in total. The molecule has 0 saturated carbocycles. The number of thioether (sulfide) groups is 1. The van der Waals surface area contributed by atoms with Gasteiger partial charge >= 0.3 is 0 Å². The van der Waals surface area contributed by atoms with Crippen molar-refractivity contribution in [2.75, 3.05) is 0 Å². The van der Waals surface area contributed by atoms with Crippen LogP contribution in [0.5, 0.6) is 0 Å². The molecule has 0 aliphatic heterocycles. The maximum Gasteiger partial charge on any atom is 0.263 e. The highest BCUT2D eigenvalue weighted by atomic mass is 32.2. The van der Waals surface area contributed by atoms with Gasteiger partial charge in [-0.2, -0.15) is 0 Å². The van der Waals surface area contributed by atoms with Crippen LogP contribution in [0.2, 0.25) is 0 Å². The number of aryl methyl sites for hydroxylation is 1. The van der Waals surface area contributed by atoms with Crippen LogP contribution in [-0.4, -0.2) is 31.1 Å². The van der Waals surface area contributed by atoms with Crippen LogP contribution in [0.15, 0.2) is 76.7 Å². The van der Waals surface area contributed by atoms with Crippen LogP contribution in [0.4, 0.5) is 4.39 Å². The van der Waals surface area contributed by atoms with E-state index < -0.39 is 0 Å². The largest absolute Gasteiger partial charge is 0.350 e. The van der Waals surface area contributed by atoms with Crippen LogP contribution in [0.25, 0.3) is 16.7 Å². The van der Waals surface area contributed by atoms with E-state index in [-0.39, 0.29) is 23.3 Å². The number of rotatable bonds is 7. The third kappa shape index (κ3) is 5.13. The molecular weight excluding hydrogens is 489 g/mol. The van der Waals surface area contributed by atoms with E-state index in [0.29, 0.717) is 39.7 Å². The molecule has 5 aromatic rings. The summed E-state index contributed by atoms with van der Waals surface area (Å²) in [5.41, 5.74) is 3.82. The highest BCUT2D eigenvalue weighted by Crippen LogP contribution is 2.26. The zero-order chi connectivity index (χ0) is 26.1. The molecule has 9 heteroatoms. The molecule has 3 aromatic carbocycles. The highest BCUT2D eigenvalue weighted by Gasteiger charge is 2.19. The summed E-state index contributed by atoms with van der Waals surface area (Å²) in [4.78, 5) is 26.4. The third-order valence-corrected chi connectivity index (χ3v) is 7.00. The van der Waals surface area contributed by atoms with Crippen LogP contribution in [0.1, 0.15) is 40.9 Å². The van der Waals surface area contributed by atoms with Crippen molar-refractivity contribution in [3.63, 3.8) is 0 Å². The summed E-state index contributed by atoms with van der Waals surface area (Å²) in [6.45, 7) is 6.13.